The normalized spacial score (nSPS) is 21.2. The van der Waals surface area contributed by atoms with Crippen molar-refractivity contribution in [1.29, 1.82) is 0 Å². The fraction of sp³-hybridized carbons (Fsp3) is 0.643. The molecule has 0 aromatic carbocycles. The second-order valence-corrected chi connectivity index (χ2v) is 7.94. The van der Waals surface area contributed by atoms with Crippen LogP contribution in [0.15, 0.2) is 17.1 Å². The minimum absolute atomic E-state index is 0.368. The van der Waals surface area contributed by atoms with Crippen LogP contribution in [0.3, 0.4) is 0 Å². The summed E-state index contributed by atoms with van der Waals surface area (Å²) < 4.78 is 0. The first-order valence-electron chi connectivity index (χ1n) is 6.58. The zero-order chi connectivity index (χ0) is 13.1. The van der Waals surface area contributed by atoms with Crippen molar-refractivity contribution in [3.8, 4) is 0 Å². The van der Waals surface area contributed by atoms with Gasteiger partial charge in [0.25, 0.3) is 0 Å². The molecule has 0 saturated heterocycles. The van der Waals surface area contributed by atoms with Crippen molar-refractivity contribution >= 4 is 28.3 Å². The smallest absolute Gasteiger partial charge is 0.157 e. The number of thiophene rings is 1. The highest BCUT2D eigenvalue weighted by atomic mass is 32.2. The number of amidine groups is 1. The Kier molecular flexibility index (Phi) is 4.73. The van der Waals surface area contributed by atoms with E-state index in [4.69, 9.17) is 0 Å². The van der Waals surface area contributed by atoms with Crippen LogP contribution in [-0.2, 0) is 0 Å². The number of hydrogen-bond donors (Lipinski definition) is 1. The molecular formula is C14H22N2S2. The van der Waals surface area contributed by atoms with Gasteiger partial charge in [0.15, 0.2) is 5.17 Å². The molecule has 2 unspecified atom stereocenters. The van der Waals surface area contributed by atoms with E-state index >= 15 is 0 Å². The number of nitrogens with one attached hydrogen (secondary N) is 1. The summed E-state index contributed by atoms with van der Waals surface area (Å²) in [5.74, 6) is 0.759. The number of aryl methyl sites for hydroxylation is 1. The molecule has 0 amide bonds. The monoisotopic (exact) mass is 282 g/mol. The van der Waals surface area contributed by atoms with E-state index in [-0.39, 0.29) is 0 Å². The van der Waals surface area contributed by atoms with Crippen molar-refractivity contribution in [1.82, 2.24) is 5.32 Å². The van der Waals surface area contributed by atoms with Gasteiger partial charge < -0.3 is 5.32 Å². The second kappa shape index (κ2) is 6.11. The number of aliphatic imine (C=N–C) groups is 1. The number of nitrogens with zero attached hydrogens (tertiary/aromatic N) is 1. The van der Waals surface area contributed by atoms with E-state index in [9.17, 15) is 0 Å². The number of hydrogen-bond acceptors (Lipinski definition) is 4. The van der Waals surface area contributed by atoms with Crippen LogP contribution in [-0.4, -0.2) is 17.0 Å². The molecule has 1 aliphatic rings. The van der Waals surface area contributed by atoms with Gasteiger partial charge in [-0.2, -0.15) is 0 Å². The zero-order valence-corrected chi connectivity index (χ0v) is 13.2. The molecule has 1 aliphatic heterocycles. The summed E-state index contributed by atoms with van der Waals surface area (Å²) in [6.07, 6.45) is 1.26. The molecule has 18 heavy (non-hydrogen) atoms. The van der Waals surface area contributed by atoms with Crippen LogP contribution in [0.1, 0.15) is 43.0 Å². The van der Waals surface area contributed by atoms with E-state index in [1.54, 1.807) is 0 Å². The molecule has 0 saturated carbocycles. The molecule has 1 N–H and O–H groups in total. The summed E-state index contributed by atoms with van der Waals surface area (Å²) in [7, 11) is 0. The molecule has 0 spiro atoms. The molecular weight excluding hydrogens is 260 g/mol. The van der Waals surface area contributed by atoms with Crippen LogP contribution >= 0.6 is 23.1 Å². The number of rotatable bonds is 4. The van der Waals surface area contributed by atoms with Gasteiger partial charge in [0.2, 0.25) is 0 Å². The predicted octanol–water partition coefficient (Wildman–Crippen LogP) is 4.22. The molecule has 4 heteroatoms. The van der Waals surface area contributed by atoms with Crippen molar-refractivity contribution in [2.45, 2.75) is 45.4 Å². The predicted molar refractivity (Wildman–Crippen MR) is 83.7 cm³/mol. The van der Waals surface area contributed by atoms with Crippen molar-refractivity contribution in [3.05, 3.63) is 21.9 Å². The van der Waals surface area contributed by atoms with Gasteiger partial charge in [0, 0.05) is 15.0 Å². The van der Waals surface area contributed by atoms with Crippen LogP contribution < -0.4 is 5.32 Å². The average Bonchev–Trinajstić information content (AvgIpc) is 2.87. The lowest BCUT2D eigenvalue weighted by atomic mass is 10.1. The highest BCUT2D eigenvalue weighted by molar-refractivity contribution is 8.14. The molecule has 1 aromatic heterocycles. The fourth-order valence-electron chi connectivity index (χ4n) is 2.09. The third-order valence-electron chi connectivity index (χ3n) is 2.98. The third kappa shape index (κ3) is 3.75. The Bertz CT molecular complexity index is 423. The largest absolute Gasteiger partial charge is 0.358 e. The molecule has 1 aromatic rings. The minimum Gasteiger partial charge on any atom is -0.358 e. The molecule has 2 heterocycles. The van der Waals surface area contributed by atoms with Crippen molar-refractivity contribution in [2.75, 3.05) is 6.54 Å². The van der Waals surface area contributed by atoms with Gasteiger partial charge in [0.05, 0.1) is 12.6 Å². The lowest BCUT2D eigenvalue weighted by molar-refractivity contribution is 0.575. The van der Waals surface area contributed by atoms with Gasteiger partial charge in [-0.05, 0) is 38.3 Å². The van der Waals surface area contributed by atoms with Crippen LogP contribution in [0.5, 0.6) is 0 Å². The molecule has 2 atom stereocenters. The summed E-state index contributed by atoms with van der Waals surface area (Å²) in [6, 6.07) is 4.76. The molecule has 0 fully saturated rings. The molecule has 0 radical (unpaired) electrons. The highest BCUT2D eigenvalue weighted by Crippen LogP contribution is 2.28. The van der Waals surface area contributed by atoms with Gasteiger partial charge in [-0.25, -0.2) is 0 Å². The van der Waals surface area contributed by atoms with Gasteiger partial charge in [-0.3, -0.25) is 4.99 Å². The Balaban J connectivity index is 1.84. The molecule has 2 rings (SSSR count). The van der Waals surface area contributed by atoms with Crippen LogP contribution in [0.2, 0.25) is 0 Å². The third-order valence-corrected chi connectivity index (χ3v) is 5.31. The SMILES string of the molecule is Cc1ccc(C(C)NC2=NCC(CC(C)C)S2)s1. The molecule has 0 aliphatic carbocycles. The average molecular weight is 282 g/mol. The summed E-state index contributed by atoms with van der Waals surface area (Å²) in [5, 5.41) is 5.33. The van der Waals surface area contributed by atoms with E-state index in [0.29, 0.717) is 11.3 Å². The minimum atomic E-state index is 0.368. The van der Waals surface area contributed by atoms with Gasteiger partial charge >= 0.3 is 0 Å². The Morgan fingerprint density at radius 1 is 1.39 bits per heavy atom. The lowest BCUT2D eigenvalue weighted by Gasteiger charge is -2.14. The molecule has 0 bridgehead atoms. The van der Waals surface area contributed by atoms with E-state index in [2.05, 4.69) is 50.1 Å². The second-order valence-electron chi connectivity index (χ2n) is 5.33. The molecule has 100 valence electrons. The van der Waals surface area contributed by atoms with E-state index in [0.717, 1.165) is 17.6 Å². The summed E-state index contributed by atoms with van der Waals surface area (Å²) >= 11 is 3.78. The first-order valence-corrected chi connectivity index (χ1v) is 8.28. The summed E-state index contributed by atoms with van der Waals surface area (Å²) in [5.41, 5.74) is 0. The molecule has 2 nitrogen and oxygen atoms in total. The van der Waals surface area contributed by atoms with E-state index in [1.807, 2.05) is 23.1 Å². The van der Waals surface area contributed by atoms with Gasteiger partial charge in [0.1, 0.15) is 0 Å². The highest BCUT2D eigenvalue weighted by Gasteiger charge is 2.22. The van der Waals surface area contributed by atoms with E-state index in [1.165, 1.54) is 16.2 Å². The Morgan fingerprint density at radius 2 is 2.17 bits per heavy atom. The van der Waals surface area contributed by atoms with Crippen LogP contribution in [0, 0.1) is 12.8 Å². The zero-order valence-electron chi connectivity index (χ0n) is 11.6. The van der Waals surface area contributed by atoms with Crippen LogP contribution in [0.4, 0.5) is 0 Å². The Morgan fingerprint density at radius 3 is 2.78 bits per heavy atom. The summed E-state index contributed by atoms with van der Waals surface area (Å²) in [6.45, 7) is 9.90. The van der Waals surface area contributed by atoms with Crippen molar-refractivity contribution in [2.24, 2.45) is 10.9 Å². The quantitative estimate of drug-likeness (QED) is 0.894. The standard InChI is InChI=1S/C14H22N2S2/c1-9(2)7-12-8-15-14(18-12)16-11(4)13-6-5-10(3)17-13/h5-6,9,11-12H,7-8H2,1-4H3,(H,15,16). The van der Waals surface area contributed by atoms with Gasteiger partial charge in [-0.1, -0.05) is 25.6 Å². The first kappa shape index (κ1) is 13.9. The summed E-state index contributed by atoms with van der Waals surface area (Å²) in [4.78, 5) is 7.38. The van der Waals surface area contributed by atoms with Gasteiger partial charge in [-0.15, -0.1) is 11.3 Å². The fourth-order valence-corrected chi connectivity index (χ4v) is 4.31. The van der Waals surface area contributed by atoms with Crippen molar-refractivity contribution in [3.63, 3.8) is 0 Å². The maximum atomic E-state index is 4.62. The Hall–Kier alpha value is -0.480. The maximum absolute atomic E-state index is 4.62. The Labute approximate surface area is 118 Å². The van der Waals surface area contributed by atoms with Crippen LogP contribution in [0.25, 0.3) is 0 Å². The first-order chi connectivity index (χ1) is 8.54. The number of thioether (sulfide) groups is 1. The lowest BCUT2D eigenvalue weighted by Crippen LogP contribution is -2.22. The maximum Gasteiger partial charge on any atom is 0.157 e. The van der Waals surface area contributed by atoms with E-state index < -0.39 is 0 Å². The van der Waals surface area contributed by atoms with Crippen molar-refractivity contribution < 1.29 is 0 Å². The topological polar surface area (TPSA) is 24.4 Å².